The van der Waals surface area contributed by atoms with Gasteiger partial charge in [0.25, 0.3) is 0 Å². The van der Waals surface area contributed by atoms with Crippen molar-refractivity contribution in [3.8, 4) is 5.13 Å². The fourth-order valence-corrected chi connectivity index (χ4v) is 4.31. The summed E-state index contributed by atoms with van der Waals surface area (Å²) in [7, 11) is 1.69. The quantitative estimate of drug-likeness (QED) is 0.274. The van der Waals surface area contributed by atoms with E-state index in [-0.39, 0.29) is 17.0 Å². The van der Waals surface area contributed by atoms with Crippen LogP contribution in [0.25, 0.3) is 21.7 Å². The molecule has 0 spiro atoms. The van der Waals surface area contributed by atoms with E-state index < -0.39 is 17.0 Å². The molecule has 0 amide bonds. The van der Waals surface area contributed by atoms with Gasteiger partial charge in [0.2, 0.25) is 10.6 Å². The molecule has 1 saturated heterocycles. The first-order valence-corrected chi connectivity index (χ1v) is 11.0. The van der Waals surface area contributed by atoms with Crippen LogP contribution in [0.3, 0.4) is 0 Å². The number of carbonyl (C=O) groups is 3. The number of hydrogen-bond acceptors (Lipinski definition) is 10. The molecule has 1 aliphatic heterocycles. The van der Waals surface area contributed by atoms with E-state index in [1.165, 1.54) is 22.9 Å². The lowest BCUT2D eigenvalue weighted by Crippen LogP contribution is -2.48. The van der Waals surface area contributed by atoms with Gasteiger partial charge in [-0.2, -0.15) is 9.36 Å². The van der Waals surface area contributed by atoms with Gasteiger partial charge in [-0.1, -0.05) is 0 Å². The van der Waals surface area contributed by atoms with Crippen LogP contribution in [-0.2, 0) is 9.59 Å². The third kappa shape index (κ3) is 4.10. The van der Waals surface area contributed by atoms with Crippen molar-refractivity contribution in [3.63, 3.8) is 0 Å². The molecule has 3 aromatic heterocycles. The van der Waals surface area contributed by atoms with E-state index in [9.17, 15) is 24.3 Å². The molecule has 12 heteroatoms. The van der Waals surface area contributed by atoms with Gasteiger partial charge in [-0.05, 0) is 30.7 Å². The van der Waals surface area contributed by atoms with Crippen molar-refractivity contribution in [1.82, 2.24) is 24.2 Å². The maximum absolute atomic E-state index is 13.0. The Morgan fingerprint density at radius 3 is 2.71 bits per heavy atom. The zero-order valence-corrected chi connectivity index (χ0v) is 19.1. The molecule has 2 N–H and O–H groups in total. The Morgan fingerprint density at radius 1 is 1.29 bits per heavy atom. The van der Waals surface area contributed by atoms with Crippen LogP contribution < -0.4 is 15.6 Å². The smallest absolute Gasteiger partial charge is 0.341 e. The minimum absolute atomic E-state index is 0.0723. The first kappa shape index (κ1) is 23.0. The van der Waals surface area contributed by atoms with Crippen LogP contribution in [-0.4, -0.2) is 62.7 Å². The van der Waals surface area contributed by atoms with Gasteiger partial charge in [-0.3, -0.25) is 14.2 Å². The second-order valence-electron chi connectivity index (χ2n) is 7.63. The highest BCUT2D eigenvalue weighted by Gasteiger charge is 2.29. The number of carbonyl (C=O) groups excluding carboxylic acids is 2. The second-order valence-corrected chi connectivity index (χ2v) is 8.36. The number of fused-ring (bicyclic) bond motifs is 1. The average molecular weight is 481 g/mol. The van der Waals surface area contributed by atoms with Crippen molar-refractivity contribution in [2.24, 2.45) is 5.92 Å². The van der Waals surface area contributed by atoms with Gasteiger partial charge in [-0.15, -0.1) is 0 Å². The van der Waals surface area contributed by atoms with Gasteiger partial charge in [0.1, 0.15) is 24.0 Å². The van der Waals surface area contributed by atoms with Crippen LogP contribution in [0.4, 0.5) is 5.82 Å². The molecule has 0 aliphatic carbocycles. The molecule has 4 rings (SSSR count). The minimum Gasteiger partial charge on any atom is -0.477 e. The zero-order chi connectivity index (χ0) is 24.4. The van der Waals surface area contributed by atoms with Gasteiger partial charge >= 0.3 is 5.97 Å². The minimum atomic E-state index is -1.37. The first-order valence-electron chi connectivity index (χ1n) is 10.2. The van der Waals surface area contributed by atoms with Crippen molar-refractivity contribution < 1.29 is 19.5 Å². The topological polar surface area (TPSA) is 147 Å². The van der Waals surface area contributed by atoms with E-state index in [0.29, 0.717) is 47.3 Å². The summed E-state index contributed by atoms with van der Waals surface area (Å²) < 4.78 is 5.77. The number of aromatic nitrogens is 4. The molecule has 0 bridgehead atoms. The predicted molar refractivity (Wildman–Crippen MR) is 127 cm³/mol. The number of aldehydes is 2. The molecule has 1 aliphatic rings. The van der Waals surface area contributed by atoms with Crippen LogP contribution in [0.15, 0.2) is 35.4 Å². The Kier molecular flexibility index (Phi) is 6.32. The Bertz CT molecular complexity index is 1420. The molecule has 0 aromatic carbocycles. The van der Waals surface area contributed by atoms with E-state index in [2.05, 4.69) is 19.7 Å². The third-order valence-corrected chi connectivity index (χ3v) is 6.05. The number of pyridine rings is 2. The summed E-state index contributed by atoms with van der Waals surface area (Å²) in [5.74, 6) is -0.554. The van der Waals surface area contributed by atoms with Gasteiger partial charge in [0.15, 0.2) is 11.5 Å². The van der Waals surface area contributed by atoms with Gasteiger partial charge in [-0.25, -0.2) is 9.78 Å². The monoisotopic (exact) mass is 480 g/mol. The van der Waals surface area contributed by atoms with Crippen molar-refractivity contribution >= 4 is 52.5 Å². The van der Waals surface area contributed by atoms with Crippen LogP contribution in [0.5, 0.6) is 0 Å². The van der Waals surface area contributed by atoms with Crippen molar-refractivity contribution in [1.29, 1.82) is 0 Å². The fraction of sp³-hybridized carbons (Fsp3) is 0.227. The molecule has 0 radical (unpaired) electrons. The number of aryl methyl sites for hydroxylation is 1. The highest BCUT2D eigenvalue weighted by molar-refractivity contribution is 7.08. The summed E-state index contributed by atoms with van der Waals surface area (Å²) in [6.45, 7) is 2.75. The maximum atomic E-state index is 13.0. The Hall–Kier alpha value is -4.19. The Labute approximate surface area is 197 Å². The normalized spacial score (nSPS) is 14.4. The molecule has 11 nitrogen and oxygen atoms in total. The fourth-order valence-electron chi connectivity index (χ4n) is 3.64. The predicted octanol–water partition coefficient (Wildman–Crippen LogP) is 1.19. The van der Waals surface area contributed by atoms with Crippen LogP contribution in [0, 0.1) is 12.8 Å². The number of anilines is 1. The van der Waals surface area contributed by atoms with Crippen molar-refractivity contribution in [2.75, 3.05) is 25.0 Å². The lowest BCUT2D eigenvalue weighted by Gasteiger charge is -2.37. The van der Waals surface area contributed by atoms with E-state index >= 15 is 0 Å². The Balaban J connectivity index is 1.92. The summed E-state index contributed by atoms with van der Waals surface area (Å²) in [4.78, 5) is 57.6. The molecule has 174 valence electrons. The summed E-state index contributed by atoms with van der Waals surface area (Å²) in [5, 5.41) is 12.9. The van der Waals surface area contributed by atoms with Crippen LogP contribution >= 0.6 is 11.5 Å². The molecule has 3 aromatic rings. The largest absolute Gasteiger partial charge is 0.477 e. The molecular formula is C22H20N6O5S. The lowest BCUT2D eigenvalue weighted by atomic mass is 10.0. The maximum Gasteiger partial charge on any atom is 0.341 e. The number of carboxylic acid groups (broad SMARTS) is 1. The molecule has 1 fully saturated rings. The van der Waals surface area contributed by atoms with E-state index in [1.54, 1.807) is 26.2 Å². The van der Waals surface area contributed by atoms with Gasteiger partial charge in [0, 0.05) is 55.6 Å². The Morgan fingerprint density at radius 2 is 2.06 bits per heavy atom. The number of hydrogen-bond donors (Lipinski definition) is 2. The average Bonchev–Trinajstić information content (AvgIpc) is 3.25. The third-order valence-electron chi connectivity index (χ3n) is 5.33. The highest BCUT2D eigenvalue weighted by Crippen LogP contribution is 2.28. The second kappa shape index (κ2) is 9.35. The SMILES string of the molecule is CN/C=C(\C=C/C=O)c1nsc(-n2cc(C(=O)O)c(=O)c3c(C)cc(N4CC(C=O)C4)nc32)n1. The standard InChI is InChI=1S/C22H20N6O5S/c1-12-6-16(27-8-13(9-27)11-30)24-20-17(12)18(31)15(21(32)33)10-28(20)22-25-19(26-34-22)14(7-23-2)4-3-5-29/h3-7,10-11,13,23H,8-9H2,1-2H3,(H,32,33)/b4-3-,14-7+. The summed E-state index contributed by atoms with van der Waals surface area (Å²) in [6.07, 6.45) is 7.18. The van der Waals surface area contributed by atoms with E-state index in [1.807, 2.05) is 4.90 Å². The number of carboxylic acids is 1. The molecule has 0 unspecified atom stereocenters. The van der Waals surface area contributed by atoms with Crippen molar-refractivity contribution in [3.05, 3.63) is 57.8 Å². The molecule has 34 heavy (non-hydrogen) atoms. The van der Waals surface area contributed by atoms with Crippen LogP contribution in [0.2, 0.25) is 0 Å². The number of rotatable bonds is 8. The van der Waals surface area contributed by atoms with Gasteiger partial charge < -0.3 is 20.1 Å². The van der Waals surface area contributed by atoms with E-state index in [0.717, 1.165) is 17.8 Å². The van der Waals surface area contributed by atoms with Gasteiger partial charge in [0.05, 0.1) is 5.39 Å². The molecule has 0 atom stereocenters. The number of nitrogens with one attached hydrogen (secondary N) is 1. The number of nitrogens with zero attached hydrogens (tertiary/aromatic N) is 5. The summed E-state index contributed by atoms with van der Waals surface area (Å²) >= 11 is 0.991. The first-order chi connectivity index (χ1) is 16.4. The number of allylic oxidation sites excluding steroid dienone is 3. The van der Waals surface area contributed by atoms with Crippen molar-refractivity contribution in [2.45, 2.75) is 6.92 Å². The van der Waals surface area contributed by atoms with E-state index in [4.69, 9.17) is 0 Å². The number of aromatic carboxylic acids is 1. The summed E-state index contributed by atoms with van der Waals surface area (Å²) in [5.41, 5.74) is 0.277. The molecule has 0 saturated carbocycles. The highest BCUT2D eigenvalue weighted by atomic mass is 32.1. The zero-order valence-electron chi connectivity index (χ0n) is 18.3. The molecular weight excluding hydrogens is 460 g/mol. The summed E-state index contributed by atoms with van der Waals surface area (Å²) in [6, 6.07) is 1.71. The molecule has 4 heterocycles. The van der Waals surface area contributed by atoms with Crippen LogP contribution in [0.1, 0.15) is 21.7 Å². The lowest BCUT2D eigenvalue weighted by molar-refractivity contribution is -0.111.